The van der Waals surface area contributed by atoms with Crippen molar-refractivity contribution >= 4 is 11.8 Å². The highest BCUT2D eigenvalue weighted by Gasteiger charge is 2.17. The SMILES string of the molecule is CC(C)NC(=O)c1cncc(C(=O)NC2CCCCCC2)c1. The van der Waals surface area contributed by atoms with Gasteiger partial charge in [0.25, 0.3) is 11.8 Å². The van der Waals surface area contributed by atoms with Crippen LogP contribution in [0.25, 0.3) is 0 Å². The Bertz CT molecular complexity index is 520. The normalized spacial score (nSPS) is 16.1. The largest absolute Gasteiger partial charge is 0.350 e. The highest BCUT2D eigenvalue weighted by molar-refractivity contribution is 5.99. The molecule has 2 amide bonds. The van der Waals surface area contributed by atoms with Crippen LogP contribution in [0.4, 0.5) is 0 Å². The van der Waals surface area contributed by atoms with Gasteiger partial charge in [-0.3, -0.25) is 14.6 Å². The van der Waals surface area contributed by atoms with Crippen LogP contribution in [0.2, 0.25) is 0 Å². The molecular formula is C17H25N3O2. The minimum absolute atomic E-state index is 0.0518. The van der Waals surface area contributed by atoms with E-state index in [0.717, 1.165) is 12.8 Å². The first kappa shape index (κ1) is 16.5. The van der Waals surface area contributed by atoms with Crippen molar-refractivity contribution in [2.75, 3.05) is 0 Å². The summed E-state index contributed by atoms with van der Waals surface area (Å²) in [5.74, 6) is -0.342. The van der Waals surface area contributed by atoms with Crippen LogP contribution in [0.1, 0.15) is 73.1 Å². The predicted molar refractivity (Wildman–Crippen MR) is 85.8 cm³/mol. The van der Waals surface area contributed by atoms with Crippen LogP contribution in [-0.4, -0.2) is 28.9 Å². The first-order valence-corrected chi connectivity index (χ1v) is 8.13. The van der Waals surface area contributed by atoms with Gasteiger partial charge in [0.15, 0.2) is 0 Å². The summed E-state index contributed by atoms with van der Waals surface area (Å²) in [5, 5.41) is 5.88. The molecule has 1 saturated carbocycles. The van der Waals surface area contributed by atoms with Crippen molar-refractivity contribution in [3.05, 3.63) is 29.6 Å². The molecule has 1 heterocycles. The molecule has 2 N–H and O–H groups in total. The topological polar surface area (TPSA) is 71.1 Å². The Labute approximate surface area is 131 Å². The molecule has 0 spiro atoms. The molecule has 1 aliphatic carbocycles. The summed E-state index contributed by atoms with van der Waals surface area (Å²) >= 11 is 0. The van der Waals surface area contributed by atoms with Gasteiger partial charge in [-0.2, -0.15) is 0 Å². The van der Waals surface area contributed by atoms with Crippen molar-refractivity contribution in [1.82, 2.24) is 15.6 Å². The Morgan fingerprint density at radius 3 is 2.23 bits per heavy atom. The molecule has 0 radical (unpaired) electrons. The van der Waals surface area contributed by atoms with Crippen molar-refractivity contribution in [3.63, 3.8) is 0 Å². The molecule has 0 aliphatic heterocycles. The van der Waals surface area contributed by atoms with Gasteiger partial charge in [0.2, 0.25) is 0 Å². The second kappa shape index (κ2) is 7.92. The number of hydrogen-bond donors (Lipinski definition) is 2. The molecule has 1 aliphatic rings. The molecule has 22 heavy (non-hydrogen) atoms. The summed E-state index contributed by atoms with van der Waals surface area (Å²) in [7, 11) is 0. The maximum absolute atomic E-state index is 12.3. The van der Waals surface area contributed by atoms with Crippen molar-refractivity contribution in [3.8, 4) is 0 Å². The third kappa shape index (κ3) is 4.83. The van der Waals surface area contributed by atoms with Crippen LogP contribution in [0, 0.1) is 0 Å². The molecule has 120 valence electrons. The lowest BCUT2D eigenvalue weighted by molar-refractivity contribution is 0.0933. The number of nitrogens with one attached hydrogen (secondary N) is 2. The van der Waals surface area contributed by atoms with Crippen molar-refractivity contribution < 1.29 is 9.59 Å². The summed E-state index contributed by atoms with van der Waals surface area (Å²) in [5.41, 5.74) is 0.864. The predicted octanol–water partition coefficient (Wildman–Crippen LogP) is 2.67. The molecule has 2 rings (SSSR count). The van der Waals surface area contributed by atoms with E-state index in [2.05, 4.69) is 15.6 Å². The first-order chi connectivity index (χ1) is 10.6. The molecule has 1 fully saturated rings. The summed E-state index contributed by atoms with van der Waals surface area (Å²) in [6, 6.07) is 1.90. The average Bonchev–Trinajstić information content (AvgIpc) is 2.75. The number of hydrogen-bond acceptors (Lipinski definition) is 3. The number of pyridine rings is 1. The quantitative estimate of drug-likeness (QED) is 0.840. The Balaban J connectivity index is 2.01. The monoisotopic (exact) mass is 303 g/mol. The molecule has 5 heteroatoms. The Hall–Kier alpha value is -1.91. The minimum atomic E-state index is -0.202. The fourth-order valence-corrected chi connectivity index (χ4v) is 2.73. The second-order valence-electron chi connectivity index (χ2n) is 6.25. The highest BCUT2D eigenvalue weighted by Crippen LogP contribution is 2.17. The van der Waals surface area contributed by atoms with Crippen molar-refractivity contribution in [2.45, 2.75) is 64.5 Å². The van der Waals surface area contributed by atoms with E-state index < -0.39 is 0 Å². The summed E-state index contributed by atoms with van der Waals surface area (Å²) in [6.45, 7) is 3.79. The van der Waals surface area contributed by atoms with Gasteiger partial charge in [0, 0.05) is 24.5 Å². The van der Waals surface area contributed by atoms with Gasteiger partial charge in [0.05, 0.1) is 11.1 Å². The van der Waals surface area contributed by atoms with Gasteiger partial charge in [-0.15, -0.1) is 0 Å². The Morgan fingerprint density at radius 2 is 1.64 bits per heavy atom. The maximum atomic E-state index is 12.3. The van der Waals surface area contributed by atoms with Crippen LogP contribution >= 0.6 is 0 Å². The van der Waals surface area contributed by atoms with E-state index in [9.17, 15) is 9.59 Å². The van der Waals surface area contributed by atoms with Crippen molar-refractivity contribution in [1.29, 1.82) is 0 Å². The van der Waals surface area contributed by atoms with E-state index >= 15 is 0 Å². The fourth-order valence-electron chi connectivity index (χ4n) is 2.73. The standard InChI is InChI=1S/C17H25N3O2/c1-12(2)19-16(21)13-9-14(11-18-10-13)17(22)20-15-7-5-3-4-6-8-15/h9-12,15H,3-8H2,1-2H3,(H,19,21)(H,20,22). The van der Waals surface area contributed by atoms with Crippen LogP contribution in [-0.2, 0) is 0 Å². The van der Waals surface area contributed by atoms with Gasteiger partial charge in [0.1, 0.15) is 0 Å². The smallest absolute Gasteiger partial charge is 0.253 e. The van der Waals surface area contributed by atoms with Gasteiger partial charge in [-0.25, -0.2) is 0 Å². The van der Waals surface area contributed by atoms with Crippen LogP contribution < -0.4 is 10.6 Å². The first-order valence-electron chi connectivity index (χ1n) is 8.13. The molecule has 1 aromatic heterocycles. The van der Waals surface area contributed by atoms with Gasteiger partial charge < -0.3 is 10.6 Å². The molecule has 0 atom stereocenters. The van der Waals surface area contributed by atoms with Gasteiger partial charge in [-0.1, -0.05) is 25.7 Å². The van der Waals surface area contributed by atoms with Crippen LogP contribution in [0.5, 0.6) is 0 Å². The maximum Gasteiger partial charge on any atom is 0.253 e. The molecule has 1 aromatic rings. The third-order valence-corrected chi connectivity index (χ3v) is 3.87. The number of nitrogens with zero attached hydrogens (tertiary/aromatic N) is 1. The second-order valence-corrected chi connectivity index (χ2v) is 6.25. The molecule has 0 aromatic carbocycles. The summed E-state index contributed by atoms with van der Waals surface area (Å²) in [4.78, 5) is 28.3. The fraction of sp³-hybridized carbons (Fsp3) is 0.588. The number of amides is 2. The van der Waals surface area contributed by atoms with Gasteiger partial charge >= 0.3 is 0 Å². The molecular weight excluding hydrogens is 278 g/mol. The zero-order valence-electron chi connectivity index (χ0n) is 13.4. The van der Waals surface area contributed by atoms with Crippen LogP contribution in [0.15, 0.2) is 18.5 Å². The van der Waals surface area contributed by atoms with Crippen molar-refractivity contribution in [2.24, 2.45) is 0 Å². The van der Waals surface area contributed by atoms with E-state index in [1.807, 2.05) is 13.8 Å². The molecule has 0 saturated heterocycles. The van der Waals surface area contributed by atoms with E-state index in [1.54, 1.807) is 6.07 Å². The molecule has 0 bridgehead atoms. The van der Waals surface area contributed by atoms with Gasteiger partial charge in [-0.05, 0) is 32.8 Å². The lowest BCUT2D eigenvalue weighted by Gasteiger charge is -2.16. The van der Waals surface area contributed by atoms with E-state index in [1.165, 1.54) is 38.1 Å². The number of carbonyl (C=O) groups excluding carboxylic acids is 2. The Kier molecular flexibility index (Phi) is 5.92. The minimum Gasteiger partial charge on any atom is -0.350 e. The number of aromatic nitrogens is 1. The molecule has 5 nitrogen and oxygen atoms in total. The lowest BCUT2D eigenvalue weighted by atomic mass is 10.1. The van der Waals surface area contributed by atoms with E-state index in [-0.39, 0.29) is 23.9 Å². The average molecular weight is 303 g/mol. The third-order valence-electron chi connectivity index (χ3n) is 3.87. The molecule has 0 unspecified atom stereocenters. The zero-order valence-corrected chi connectivity index (χ0v) is 13.4. The number of carbonyl (C=O) groups is 2. The number of rotatable bonds is 4. The van der Waals surface area contributed by atoms with E-state index in [4.69, 9.17) is 0 Å². The highest BCUT2D eigenvalue weighted by atomic mass is 16.2. The zero-order chi connectivity index (χ0) is 15.9. The lowest BCUT2D eigenvalue weighted by Crippen LogP contribution is -2.35. The Morgan fingerprint density at radius 1 is 1.05 bits per heavy atom. The summed E-state index contributed by atoms with van der Waals surface area (Å²) < 4.78 is 0. The van der Waals surface area contributed by atoms with Crippen LogP contribution in [0.3, 0.4) is 0 Å². The van der Waals surface area contributed by atoms with E-state index in [0.29, 0.717) is 11.1 Å². The summed E-state index contributed by atoms with van der Waals surface area (Å²) in [6.07, 6.45) is 9.90.